The van der Waals surface area contributed by atoms with Crippen molar-refractivity contribution in [1.82, 2.24) is 9.97 Å². The number of nitrogens with two attached hydrogens (primary N) is 1. The monoisotopic (exact) mass is 387 g/mol. The van der Waals surface area contributed by atoms with Gasteiger partial charge in [0.15, 0.2) is 5.82 Å². The molecule has 24 heavy (non-hydrogen) atoms. The van der Waals surface area contributed by atoms with Crippen molar-refractivity contribution in [2.24, 2.45) is 5.14 Å². The summed E-state index contributed by atoms with van der Waals surface area (Å²) in [5.74, 6) is 0.569. The van der Waals surface area contributed by atoms with Gasteiger partial charge in [0.1, 0.15) is 9.23 Å². The molecule has 2 heterocycles. The van der Waals surface area contributed by atoms with Gasteiger partial charge in [0.25, 0.3) is 5.56 Å². The third-order valence-electron chi connectivity index (χ3n) is 3.91. The Labute approximate surface area is 149 Å². The number of sulfonamides is 1. The number of nitrogens with zero attached hydrogens (tertiary/aromatic N) is 1. The number of primary sulfonamides is 1. The molecule has 0 aromatic carbocycles. The normalized spacial score (nSPS) is 15.0. The predicted molar refractivity (Wildman–Crippen MR) is 95.1 cm³/mol. The number of halogens is 1. The molecule has 0 atom stereocenters. The second-order valence-corrected chi connectivity index (χ2v) is 9.15. The summed E-state index contributed by atoms with van der Waals surface area (Å²) in [5.41, 5.74) is 0.866. The molecule has 6 nitrogen and oxygen atoms in total. The number of aromatic amines is 1. The molecule has 3 N–H and O–H groups in total. The second kappa shape index (κ2) is 6.59. The van der Waals surface area contributed by atoms with Crippen molar-refractivity contribution in [3.8, 4) is 10.7 Å². The van der Waals surface area contributed by atoms with Gasteiger partial charge < -0.3 is 4.98 Å². The summed E-state index contributed by atoms with van der Waals surface area (Å²) >= 11 is 7.08. The Kier molecular flexibility index (Phi) is 4.83. The zero-order chi connectivity index (χ0) is 17.5. The van der Waals surface area contributed by atoms with E-state index in [9.17, 15) is 13.2 Å². The average Bonchev–Trinajstić information content (AvgIpc) is 3.25. The van der Waals surface area contributed by atoms with Crippen LogP contribution in [0, 0.1) is 0 Å². The second-order valence-electron chi connectivity index (χ2n) is 5.96. The van der Waals surface area contributed by atoms with Crippen LogP contribution in [0.25, 0.3) is 10.7 Å². The maximum atomic E-state index is 12.1. The Morgan fingerprint density at radius 2 is 2.17 bits per heavy atom. The molecule has 2 aromatic heterocycles. The van der Waals surface area contributed by atoms with Crippen LogP contribution >= 0.6 is 22.9 Å². The van der Waals surface area contributed by atoms with E-state index in [0.717, 1.165) is 37.0 Å². The van der Waals surface area contributed by atoms with E-state index < -0.39 is 15.6 Å². The van der Waals surface area contributed by atoms with Crippen molar-refractivity contribution in [2.45, 2.75) is 49.2 Å². The molecule has 0 aliphatic heterocycles. The Morgan fingerprint density at radius 1 is 1.46 bits per heavy atom. The van der Waals surface area contributed by atoms with Gasteiger partial charge in [0.05, 0.1) is 10.6 Å². The highest BCUT2D eigenvalue weighted by atomic mass is 35.5. The minimum absolute atomic E-state index is 0.121. The fourth-order valence-electron chi connectivity index (χ4n) is 2.53. The van der Waals surface area contributed by atoms with Gasteiger partial charge in [-0.15, -0.1) is 11.3 Å². The summed E-state index contributed by atoms with van der Waals surface area (Å²) < 4.78 is 23.8. The smallest absolute Gasteiger partial charge is 0.270 e. The highest BCUT2D eigenvalue weighted by molar-refractivity contribution is 7.91. The van der Waals surface area contributed by atoms with Crippen molar-refractivity contribution in [3.63, 3.8) is 0 Å². The largest absolute Gasteiger partial charge is 0.305 e. The van der Waals surface area contributed by atoms with E-state index in [1.54, 1.807) is 6.07 Å². The molecule has 1 aliphatic carbocycles. The van der Waals surface area contributed by atoms with Gasteiger partial charge >= 0.3 is 0 Å². The highest BCUT2D eigenvalue weighted by Crippen LogP contribution is 2.42. The Hall–Kier alpha value is -1.22. The molecule has 1 saturated carbocycles. The number of unbranched alkanes of at least 4 members (excludes halogenated alkanes) is 1. The molecule has 9 heteroatoms. The van der Waals surface area contributed by atoms with Crippen molar-refractivity contribution in [3.05, 3.63) is 32.7 Å². The molecular formula is C15H18ClN3O3S2. The number of aromatic nitrogens is 2. The minimum Gasteiger partial charge on any atom is -0.305 e. The lowest BCUT2D eigenvalue weighted by Gasteiger charge is -2.03. The first-order valence-electron chi connectivity index (χ1n) is 7.76. The van der Waals surface area contributed by atoms with Gasteiger partial charge in [-0.3, -0.25) is 4.79 Å². The summed E-state index contributed by atoms with van der Waals surface area (Å²) in [6, 6.07) is 1.75. The molecule has 0 bridgehead atoms. The Morgan fingerprint density at radius 3 is 2.75 bits per heavy atom. The van der Waals surface area contributed by atoms with Crippen molar-refractivity contribution >= 4 is 33.0 Å². The first-order valence-corrected chi connectivity index (χ1v) is 10.5. The van der Waals surface area contributed by atoms with E-state index in [1.807, 2.05) is 6.92 Å². The van der Waals surface area contributed by atoms with Crippen LogP contribution in [0.5, 0.6) is 0 Å². The van der Waals surface area contributed by atoms with Crippen LogP contribution in [0.15, 0.2) is 15.1 Å². The van der Waals surface area contributed by atoms with E-state index in [2.05, 4.69) is 9.97 Å². The minimum atomic E-state index is -3.81. The van der Waals surface area contributed by atoms with Crippen LogP contribution in [0.2, 0.25) is 5.02 Å². The van der Waals surface area contributed by atoms with Gasteiger partial charge in [-0.25, -0.2) is 18.5 Å². The van der Waals surface area contributed by atoms with Crippen LogP contribution in [0.3, 0.4) is 0 Å². The topological polar surface area (TPSA) is 106 Å². The Balaban J connectivity index is 2.09. The number of rotatable bonds is 6. The molecule has 2 aromatic rings. The summed E-state index contributed by atoms with van der Waals surface area (Å²) in [4.78, 5) is 19.8. The van der Waals surface area contributed by atoms with Crippen LogP contribution < -0.4 is 10.7 Å². The van der Waals surface area contributed by atoms with Gasteiger partial charge in [0, 0.05) is 5.92 Å². The third-order valence-corrected chi connectivity index (χ3v) is 6.98. The van der Waals surface area contributed by atoms with Crippen LogP contribution in [-0.4, -0.2) is 18.4 Å². The third kappa shape index (κ3) is 3.56. The molecule has 0 unspecified atom stereocenters. The summed E-state index contributed by atoms with van der Waals surface area (Å²) in [5, 5.41) is 5.45. The summed E-state index contributed by atoms with van der Waals surface area (Å²) in [6.07, 6.45) is 4.34. The first-order chi connectivity index (χ1) is 11.3. The van der Waals surface area contributed by atoms with E-state index in [-0.39, 0.29) is 15.1 Å². The number of aryl methyl sites for hydroxylation is 1. The maximum Gasteiger partial charge on any atom is 0.270 e. The van der Waals surface area contributed by atoms with Crippen LogP contribution in [-0.2, 0) is 16.4 Å². The maximum absolute atomic E-state index is 12.1. The number of nitrogens with one attached hydrogen (secondary N) is 1. The lowest BCUT2D eigenvalue weighted by molar-refractivity contribution is 0.598. The molecule has 1 aliphatic rings. The number of H-pyrrole nitrogens is 1. The summed E-state index contributed by atoms with van der Waals surface area (Å²) in [6.45, 7) is 2.03. The van der Waals surface area contributed by atoms with Crippen molar-refractivity contribution in [2.75, 3.05) is 0 Å². The first kappa shape index (κ1) is 17.6. The predicted octanol–water partition coefficient (Wildman–Crippen LogP) is 3.02. The quantitative estimate of drug-likeness (QED) is 0.794. The van der Waals surface area contributed by atoms with E-state index in [1.165, 1.54) is 0 Å². The number of hydrogen-bond donors (Lipinski definition) is 2. The molecule has 0 spiro atoms. The highest BCUT2D eigenvalue weighted by Gasteiger charge is 2.30. The SMILES string of the molecule is CCCCc1cc(-c2nc(C3CC3)c(Cl)c(=O)[nH]2)sc1S(N)(=O)=O. The van der Waals surface area contributed by atoms with E-state index in [0.29, 0.717) is 28.4 Å². The van der Waals surface area contributed by atoms with Crippen LogP contribution in [0.4, 0.5) is 0 Å². The van der Waals surface area contributed by atoms with E-state index in [4.69, 9.17) is 16.7 Å². The lowest BCUT2D eigenvalue weighted by atomic mass is 10.1. The summed E-state index contributed by atoms with van der Waals surface area (Å²) in [7, 11) is -3.81. The lowest BCUT2D eigenvalue weighted by Crippen LogP contribution is -2.12. The van der Waals surface area contributed by atoms with Gasteiger partial charge in [-0.2, -0.15) is 0 Å². The molecule has 1 fully saturated rings. The van der Waals surface area contributed by atoms with Crippen molar-refractivity contribution < 1.29 is 8.42 Å². The molecule has 3 rings (SSSR count). The molecule has 0 amide bonds. The van der Waals surface area contributed by atoms with Gasteiger partial charge in [0.2, 0.25) is 10.0 Å². The molecule has 0 radical (unpaired) electrons. The Bertz CT molecular complexity index is 930. The van der Waals surface area contributed by atoms with Crippen LogP contribution in [0.1, 0.15) is 49.8 Å². The molecular weight excluding hydrogens is 370 g/mol. The zero-order valence-electron chi connectivity index (χ0n) is 13.1. The standard InChI is InChI=1S/C15H18ClN3O3S2/c1-2-3-4-9-7-10(23-15(9)24(17,21)22)13-18-12(8-5-6-8)11(16)14(20)19-13/h7-8H,2-6H2,1H3,(H2,17,21,22)(H,18,19,20). The van der Waals surface area contributed by atoms with Crippen molar-refractivity contribution in [1.29, 1.82) is 0 Å². The number of thiophene rings is 1. The zero-order valence-corrected chi connectivity index (χ0v) is 15.5. The average molecular weight is 388 g/mol. The fourth-order valence-corrected chi connectivity index (χ4v) is 4.92. The fraction of sp³-hybridized carbons (Fsp3) is 0.467. The van der Waals surface area contributed by atoms with Gasteiger partial charge in [-0.05, 0) is 37.3 Å². The molecule has 130 valence electrons. The molecule has 0 saturated heterocycles. The van der Waals surface area contributed by atoms with Gasteiger partial charge in [-0.1, -0.05) is 24.9 Å². The number of hydrogen-bond acceptors (Lipinski definition) is 5. The van der Waals surface area contributed by atoms with E-state index >= 15 is 0 Å².